The summed E-state index contributed by atoms with van der Waals surface area (Å²) in [6.07, 6.45) is 10.3. The van der Waals surface area contributed by atoms with Gasteiger partial charge < -0.3 is 10.5 Å². The van der Waals surface area contributed by atoms with Crippen LogP contribution >= 0.6 is 0 Å². The first-order valence-electron chi connectivity index (χ1n) is 5.71. The third-order valence-electron chi connectivity index (χ3n) is 2.40. The molecule has 2 nitrogen and oxygen atoms in total. The molecule has 0 aromatic heterocycles. The van der Waals surface area contributed by atoms with Crippen molar-refractivity contribution in [3.05, 3.63) is 35.6 Å². The van der Waals surface area contributed by atoms with Gasteiger partial charge >= 0.3 is 0 Å². The zero-order valence-corrected chi connectivity index (χ0v) is 9.92. The summed E-state index contributed by atoms with van der Waals surface area (Å²) in [5.41, 5.74) is 6.92. The van der Waals surface area contributed by atoms with E-state index in [1.165, 1.54) is 5.57 Å². The zero-order chi connectivity index (χ0) is 11.3. The summed E-state index contributed by atoms with van der Waals surface area (Å²) in [7, 11) is 0. The molecule has 84 valence electrons. The van der Waals surface area contributed by atoms with E-state index in [9.17, 15) is 0 Å². The number of hydrogen-bond donors (Lipinski definition) is 1. The quantitative estimate of drug-likeness (QED) is 0.663. The first-order valence-corrected chi connectivity index (χ1v) is 5.71. The molecule has 1 aliphatic heterocycles. The van der Waals surface area contributed by atoms with Crippen LogP contribution in [0.25, 0.3) is 0 Å². The topological polar surface area (TPSA) is 35.2 Å². The second-order valence-electron chi connectivity index (χ2n) is 3.87. The summed E-state index contributed by atoms with van der Waals surface area (Å²) in [5.74, 6) is 0.997. The molecule has 2 heteroatoms. The summed E-state index contributed by atoms with van der Waals surface area (Å²) in [6, 6.07) is 0. The standard InChI is InChI=1S/C11H15NO.C2H6/c1-11(12)6-4-9-3-2-8-13-10(9)5-7-11;1-2/h4-7H,2-3,8,12H2,1H3;1-2H3. The average Bonchev–Trinajstić information content (AvgIpc) is 2.42. The monoisotopic (exact) mass is 207 g/mol. The largest absolute Gasteiger partial charge is 0.493 e. The van der Waals surface area contributed by atoms with E-state index in [0.29, 0.717) is 0 Å². The molecule has 1 aliphatic carbocycles. The van der Waals surface area contributed by atoms with Crippen molar-refractivity contribution in [1.82, 2.24) is 0 Å². The minimum absolute atomic E-state index is 0.333. The van der Waals surface area contributed by atoms with Gasteiger partial charge in [-0.1, -0.05) is 32.1 Å². The Morgan fingerprint density at radius 2 is 1.93 bits per heavy atom. The van der Waals surface area contributed by atoms with Crippen molar-refractivity contribution < 1.29 is 4.74 Å². The number of hydrogen-bond acceptors (Lipinski definition) is 2. The van der Waals surface area contributed by atoms with E-state index >= 15 is 0 Å². The van der Waals surface area contributed by atoms with E-state index in [-0.39, 0.29) is 5.54 Å². The molecule has 0 amide bonds. The molecule has 2 aliphatic rings. The zero-order valence-electron chi connectivity index (χ0n) is 9.92. The van der Waals surface area contributed by atoms with Gasteiger partial charge in [0.2, 0.25) is 0 Å². The third kappa shape index (κ3) is 3.24. The SMILES string of the molecule is CC.CC1(N)C=CC2=C(C=C1)OCCC2. The highest BCUT2D eigenvalue weighted by Gasteiger charge is 2.17. The van der Waals surface area contributed by atoms with E-state index in [1.807, 2.05) is 39.0 Å². The molecule has 0 fully saturated rings. The molecule has 1 heterocycles. The summed E-state index contributed by atoms with van der Waals surface area (Å²) < 4.78 is 5.54. The van der Waals surface area contributed by atoms with Crippen LogP contribution < -0.4 is 5.73 Å². The maximum Gasteiger partial charge on any atom is 0.122 e. The summed E-state index contributed by atoms with van der Waals surface area (Å²) in [6.45, 7) is 6.82. The van der Waals surface area contributed by atoms with Crippen LogP contribution in [-0.2, 0) is 4.74 Å². The van der Waals surface area contributed by atoms with Crippen molar-refractivity contribution >= 4 is 0 Å². The fraction of sp³-hybridized carbons (Fsp3) is 0.538. The Balaban J connectivity index is 0.000000531. The molecule has 0 saturated heterocycles. The second kappa shape index (κ2) is 5.17. The van der Waals surface area contributed by atoms with Crippen LogP contribution in [0.4, 0.5) is 0 Å². The lowest BCUT2D eigenvalue weighted by Crippen LogP contribution is -2.30. The molecule has 2 N–H and O–H groups in total. The highest BCUT2D eigenvalue weighted by molar-refractivity contribution is 5.38. The summed E-state index contributed by atoms with van der Waals surface area (Å²) >= 11 is 0. The number of allylic oxidation sites excluding steroid dienone is 3. The number of rotatable bonds is 0. The van der Waals surface area contributed by atoms with Gasteiger partial charge in [0.05, 0.1) is 12.1 Å². The molecule has 0 aromatic rings. The Bertz CT molecular complexity index is 270. The van der Waals surface area contributed by atoms with Crippen LogP contribution in [0.1, 0.15) is 33.6 Å². The van der Waals surface area contributed by atoms with Crippen LogP contribution in [-0.4, -0.2) is 12.1 Å². The van der Waals surface area contributed by atoms with Crippen LogP contribution in [0.2, 0.25) is 0 Å². The second-order valence-corrected chi connectivity index (χ2v) is 3.87. The minimum atomic E-state index is -0.333. The van der Waals surface area contributed by atoms with E-state index in [2.05, 4.69) is 6.08 Å². The van der Waals surface area contributed by atoms with Gasteiger partial charge in [-0.3, -0.25) is 0 Å². The fourth-order valence-corrected chi connectivity index (χ4v) is 1.57. The first-order chi connectivity index (χ1) is 7.17. The van der Waals surface area contributed by atoms with Crippen molar-refractivity contribution in [1.29, 1.82) is 0 Å². The molecule has 0 spiro atoms. The molecule has 1 atom stereocenters. The Morgan fingerprint density at radius 1 is 1.27 bits per heavy atom. The number of ether oxygens (including phenoxy) is 1. The van der Waals surface area contributed by atoms with E-state index in [1.54, 1.807) is 0 Å². The fourth-order valence-electron chi connectivity index (χ4n) is 1.57. The lowest BCUT2D eigenvalue weighted by atomic mass is 10.0. The maximum absolute atomic E-state index is 5.98. The van der Waals surface area contributed by atoms with Crippen molar-refractivity contribution in [3.63, 3.8) is 0 Å². The van der Waals surface area contributed by atoms with Gasteiger partial charge in [-0.05, 0) is 31.4 Å². The molecule has 0 saturated carbocycles. The Hall–Kier alpha value is -1.02. The van der Waals surface area contributed by atoms with Gasteiger partial charge in [0, 0.05) is 0 Å². The predicted octanol–water partition coefficient (Wildman–Crippen LogP) is 2.92. The lowest BCUT2D eigenvalue weighted by Gasteiger charge is -2.16. The van der Waals surface area contributed by atoms with Gasteiger partial charge in [0.1, 0.15) is 5.76 Å². The normalized spacial score (nSPS) is 28.5. The Kier molecular flexibility index (Phi) is 4.15. The molecule has 2 rings (SSSR count). The van der Waals surface area contributed by atoms with Crippen molar-refractivity contribution in [2.75, 3.05) is 6.61 Å². The van der Waals surface area contributed by atoms with Gasteiger partial charge in [0.25, 0.3) is 0 Å². The van der Waals surface area contributed by atoms with Gasteiger partial charge in [-0.25, -0.2) is 0 Å². The van der Waals surface area contributed by atoms with E-state index in [4.69, 9.17) is 10.5 Å². The van der Waals surface area contributed by atoms with Gasteiger partial charge in [0.15, 0.2) is 0 Å². The number of nitrogens with two attached hydrogens (primary N) is 1. The molecule has 1 unspecified atom stereocenters. The van der Waals surface area contributed by atoms with Gasteiger partial charge in [-0.2, -0.15) is 0 Å². The molecule has 0 aromatic carbocycles. The molecular formula is C13H21NO. The van der Waals surface area contributed by atoms with Crippen LogP contribution in [0, 0.1) is 0 Å². The summed E-state index contributed by atoms with van der Waals surface area (Å²) in [5, 5.41) is 0. The minimum Gasteiger partial charge on any atom is -0.493 e. The van der Waals surface area contributed by atoms with E-state index < -0.39 is 0 Å². The highest BCUT2D eigenvalue weighted by atomic mass is 16.5. The summed E-state index contributed by atoms with van der Waals surface area (Å²) in [4.78, 5) is 0. The Morgan fingerprint density at radius 3 is 2.67 bits per heavy atom. The maximum atomic E-state index is 5.98. The van der Waals surface area contributed by atoms with Crippen LogP contribution in [0.5, 0.6) is 0 Å². The van der Waals surface area contributed by atoms with Crippen molar-refractivity contribution in [2.45, 2.75) is 39.2 Å². The van der Waals surface area contributed by atoms with Crippen molar-refractivity contribution in [3.8, 4) is 0 Å². The molecule has 0 bridgehead atoms. The van der Waals surface area contributed by atoms with Crippen molar-refractivity contribution in [2.24, 2.45) is 5.73 Å². The highest BCUT2D eigenvalue weighted by Crippen LogP contribution is 2.25. The molecular weight excluding hydrogens is 186 g/mol. The predicted molar refractivity (Wildman–Crippen MR) is 64.4 cm³/mol. The molecule has 0 radical (unpaired) electrons. The first kappa shape index (κ1) is 12.1. The molecule has 15 heavy (non-hydrogen) atoms. The third-order valence-corrected chi connectivity index (χ3v) is 2.40. The Labute approximate surface area is 92.5 Å². The van der Waals surface area contributed by atoms with Gasteiger partial charge in [-0.15, -0.1) is 0 Å². The smallest absolute Gasteiger partial charge is 0.122 e. The van der Waals surface area contributed by atoms with Crippen LogP contribution in [0.3, 0.4) is 0 Å². The lowest BCUT2D eigenvalue weighted by molar-refractivity contribution is 0.201. The average molecular weight is 207 g/mol. The van der Waals surface area contributed by atoms with Crippen LogP contribution in [0.15, 0.2) is 35.6 Å². The van der Waals surface area contributed by atoms with E-state index in [0.717, 1.165) is 25.2 Å².